The fourth-order valence-electron chi connectivity index (χ4n) is 2.76. The number of hydrogen-bond acceptors (Lipinski definition) is 4. The Morgan fingerprint density at radius 3 is 2.50 bits per heavy atom. The molecule has 4 heteroatoms. The van der Waals surface area contributed by atoms with E-state index in [9.17, 15) is 15.3 Å². The molecule has 2 rings (SSSR count). The van der Waals surface area contributed by atoms with Crippen molar-refractivity contribution in [2.75, 3.05) is 13.1 Å². The average molecular weight is 201 g/mol. The highest BCUT2D eigenvalue weighted by Crippen LogP contribution is 2.31. The number of rotatable bonds is 1. The topological polar surface area (TPSA) is 63.9 Å². The molecule has 0 spiro atoms. The Balaban J connectivity index is 2.08. The number of hydrogen-bond donors (Lipinski definition) is 3. The molecule has 0 aliphatic carbocycles. The lowest BCUT2D eigenvalue weighted by atomic mass is 9.88. The fraction of sp³-hybridized carbons (Fsp3) is 1.00. The summed E-state index contributed by atoms with van der Waals surface area (Å²) in [7, 11) is 0. The van der Waals surface area contributed by atoms with Gasteiger partial charge >= 0.3 is 0 Å². The van der Waals surface area contributed by atoms with E-state index in [0.717, 1.165) is 19.4 Å². The van der Waals surface area contributed by atoms with E-state index < -0.39 is 18.3 Å². The normalized spacial score (nSPS) is 49.3. The predicted molar refractivity (Wildman–Crippen MR) is 51.8 cm³/mol. The van der Waals surface area contributed by atoms with E-state index in [1.807, 2.05) is 4.90 Å². The van der Waals surface area contributed by atoms with E-state index in [1.165, 1.54) is 0 Å². The third-order valence-electron chi connectivity index (χ3n) is 3.63. The number of piperidine rings is 1. The van der Waals surface area contributed by atoms with Crippen molar-refractivity contribution in [1.82, 2.24) is 4.90 Å². The van der Waals surface area contributed by atoms with Crippen molar-refractivity contribution in [3.63, 3.8) is 0 Å². The van der Waals surface area contributed by atoms with Gasteiger partial charge in [-0.25, -0.2) is 0 Å². The monoisotopic (exact) mass is 201 g/mol. The maximum atomic E-state index is 9.86. The Morgan fingerprint density at radius 1 is 1.14 bits per heavy atom. The van der Waals surface area contributed by atoms with Gasteiger partial charge in [0.25, 0.3) is 0 Å². The summed E-state index contributed by atoms with van der Waals surface area (Å²) in [5.74, 6) is 0.499. The molecule has 0 aromatic heterocycles. The standard InChI is InChI=1S/C10H19NO3/c1-2-6-3-7(12)9-10(14)8(13)5-11(9)4-6/h6-10,12-14H,2-5H2,1H3/t6-,7+,8+,9+,10+/m0/s1. The van der Waals surface area contributed by atoms with E-state index in [4.69, 9.17) is 0 Å². The maximum Gasteiger partial charge on any atom is 0.0991 e. The number of aliphatic hydroxyl groups excluding tert-OH is 3. The summed E-state index contributed by atoms with van der Waals surface area (Å²) in [6, 6.07) is -0.243. The van der Waals surface area contributed by atoms with Crippen LogP contribution in [0.1, 0.15) is 19.8 Å². The Morgan fingerprint density at radius 2 is 1.86 bits per heavy atom. The molecule has 0 aromatic carbocycles. The zero-order valence-corrected chi connectivity index (χ0v) is 8.50. The molecule has 3 N–H and O–H groups in total. The third-order valence-corrected chi connectivity index (χ3v) is 3.63. The van der Waals surface area contributed by atoms with E-state index in [1.54, 1.807) is 0 Å². The molecule has 4 nitrogen and oxygen atoms in total. The Bertz CT molecular complexity index is 212. The molecule has 2 aliphatic heterocycles. The van der Waals surface area contributed by atoms with Crippen molar-refractivity contribution < 1.29 is 15.3 Å². The molecule has 2 saturated heterocycles. The van der Waals surface area contributed by atoms with Crippen LogP contribution in [0.3, 0.4) is 0 Å². The lowest BCUT2D eigenvalue weighted by molar-refractivity contribution is -0.0433. The summed E-state index contributed by atoms with van der Waals surface area (Å²) in [6.07, 6.45) is -0.151. The minimum Gasteiger partial charge on any atom is -0.391 e. The van der Waals surface area contributed by atoms with E-state index in [0.29, 0.717) is 12.5 Å². The largest absolute Gasteiger partial charge is 0.391 e. The minimum atomic E-state index is -0.775. The van der Waals surface area contributed by atoms with Gasteiger partial charge in [0.05, 0.1) is 24.4 Å². The lowest BCUT2D eigenvalue weighted by Gasteiger charge is -2.39. The zero-order chi connectivity index (χ0) is 10.3. The highest BCUT2D eigenvalue weighted by Gasteiger charge is 2.47. The first-order chi connectivity index (χ1) is 6.63. The van der Waals surface area contributed by atoms with Crippen LogP contribution in [0, 0.1) is 5.92 Å². The molecule has 0 amide bonds. The van der Waals surface area contributed by atoms with Crippen LogP contribution in [0.4, 0.5) is 0 Å². The highest BCUT2D eigenvalue weighted by molar-refractivity contribution is 5.00. The number of nitrogens with zero attached hydrogens (tertiary/aromatic N) is 1. The maximum absolute atomic E-state index is 9.86. The second-order valence-corrected chi connectivity index (χ2v) is 4.58. The first-order valence-corrected chi connectivity index (χ1v) is 5.41. The van der Waals surface area contributed by atoms with Gasteiger partial charge in [0.1, 0.15) is 0 Å². The first kappa shape index (κ1) is 10.4. The van der Waals surface area contributed by atoms with Crippen LogP contribution in [-0.2, 0) is 0 Å². The van der Waals surface area contributed by atoms with E-state index in [-0.39, 0.29) is 6.04 Å². The molecular weight excluding hydrogens is 182 g/mol. The second kappa shape index (κ2) is 3.77. The summed E-state index contributed by atoms with van der Waals surface area (Å²) >= 11 is 0. The van der Waals surface area contributed by atoms with Crippen LogP contribution in [0.2, 0.25) is 0 Å². The lowest BCUT2D eigenvalue weighted by Crippen LogP contribution is -2.51. The molecule has 5 atom stereocenters. The summed E-state index contributed by atoms with van der Waals surface area (Å²) in [4.78, 5) is 2.03. The molecule has 0 saturated carbocycles. The van der Waals surface area contributed by atoms with Crippen molar-refractivity contribution >= 4 is 0 Å². The van der Waals surface area contributed by atoms with Crippen molar-refractivity contribution in [1.29, 1.82) is 0 Å². The summed E-state index contributed by atoms with van der Waals surface area (Å²) < 4.78 is 0. The van der Waals surface area contributed by atoms with Gasteiger partial charge in [-0.05, 0) is 12.3 Å². The third kappa shape index (κ3) is 1.56. The van der Waals surface area contributed by atoms with Crippen LogP contribution < -0.4 is 0 Å². The van der Waals surface area contributed by atoms with Crippen molar-refractivity contribution in [2.24, 2.45) is 5.92 Å². The van der Waals surface area contributed by atoms with Gasteiger partial charge in [-0.1, -0.05) is 13.3 Å². The molecular formula is C10H19NO3. The zero-order valence-electron chi connectivity index (χ0n) is 8.50. The fourth-order valence-corrected chi connectivity index (χ4v) is 2.76. The SMILES string of the molecule is CC[C@H]1C[C@@H](O)[C@@H]2[C@H](O)[C@H](O)CN2C1. The summed E-state index contributed by atoms with van der Waals surface area (Å²) in [5, 5.41) is 29.0. The molecule has 82 valence electrons. The van der Waals surface area contributed by atoms with E-state index >= 15 is 0 Å². The number of fused-ring (bicyclic) bond motifs is 1. The Labute approximate surface area is 84.2 Å². The molecule has 0 aromatic rings. The van der Waals surface area contributed by atoms with Crippen LogP contribution in [-0.4, -0.2) is 57.7 Å². The summed E-state index contributed by atoms with van der Waals surface area (Å²) in [6.45, 7) is 3.51. The van der Waals surface area contributed by atoms with Crippen molar-refractivity contribution in [2.45, 2.75) is 44.1 Å². The molecule has 2 heterocycles. The van der Waals surface area contributed by atoms with Gasteiger partial charge in [-0.2, -0.15) is 0 Å². The van der Waals surface area contributed by atoms with Gasteiger partial charge in [-0.15, -0.1) is 0 Å². The average Bonchev–Trinajstić information content (AvgIpc) is 2.43. The van der Waals surface area contributed by atoms with Crippen molar-refractivity contribution in [3.05, 3.63) is 0 Å². The molecule has 2 fully saturated rings. The molecule has 0 radical (unpaired) electrons. The Kier molecular flexibility index (Phi) is 2.79. The van der Waals surface area contributed by atoms with E-state index in [2.05, 4.69) is 6.92 Å². The molecule has 14 heavy (non-hydrogen) atoms. The second-order valence-electron chi connectivity index (χ2n) is 4.58. The van der Waals surface area contributed by atoms with Gasteiger partial charge in [-0.3, -0.25) is 4.90 Å². The molecule has 0 bridgehead atoms. The van der Waals surface area contributed by atoms with Crippen LogP contribution in [0.15, 0.2) is 0 Å². The minimum absolute atomic E-state index is 0.243. The molecule has 0 unspecified atom stereocenters. The smallest absolute Gasteiger partial charge is 0.0991 e. The van der Waals surface area contributed by atoms with Gasteiger partial charge < -0.3 is 15.3 Å². The predicted octanol–water partition coefficient (Wildman–Crippen LogP) is -0.817. The van der Waals surface area contributed by atoms with Gasteiger partial charge in [0.15, 0.2) is 0 Å². The van der Waals surface area contributed by atoms with Gasteiger partial charge in [0.2, 0.25) is 0 Å². The van der Waals surface area contributed by atoms with Crippen LogP contribution >= 0.6 is 0 Å². The number of aliphatic hydroxyl groups is 3. The quantitative estimate of drug-likeness (QED) is 0.519. The Hall–Kier alpha value is -0.160. The highest BCUT2D eigenvalue weighted by atomic mass is 16.3. The van der Waals surface area contributed by atoms with Crippen molar-refractivity contribution in [3.8, 4) is 0 Å². The van der Waals surface area contributed by atoms with Crippen LogP contribution in [0.25, 0.3) is 0 Å². The van der Waals surface area contributed by atoms with Crippen LogP contribution in [0.5, 0.6) is 0 Å². The molecule has 2 aliphatic rings. The summed E-state index contributed by atoms with van der Waals surface area (Å²) in [5.41, 5.74) is 0. The first-order valence-electron chi connectivity index (χ1n) is 5.41. The van der Waals surface area contributed by atoms with Gasteiger partial charge in [0, 0.05) is 13.1 Å².